The van der Waals surface area contributed by atoms with E-state index in [1.807, 2.05) is 0 Å². The van der Waals surface area contributed by atoms with E-state index < -0.39 is 34.6 Å². The molecular formula is C32H28F2N4O6. The van der Waals surface area contributed by atoms with Gasteiger partial charge in [0.25, 0.3) is 17.4 Å². The Morgan fingerprint density at radius 2 is 1.66 bits per heavy atom. The molecule has 12 heteroatoms. The van der Waals surface area contributed by atoms with Crippen LogP contribution in [-0.2, 0) is 19.2 Å². The molecule has 5 N–H and O–H groups in total. The summed E-state index contributed by atoms with van der Waals surface area (Å²) in [6, 6.07) is 15.4. The van der Waals surface area contributed by atoms with Gasteiger partial charge in [0.15, 0.2) is 11.6 Å². The minimum atomic E-state index is -1.27. The first-order valence-corrected chi connectivity index (χ1v) is 13.4. The van der Waals surface area contributed by atoms with Crippen molar-refractivity contribution in [1.82, 2.24) is 20.3 Å². The molecule has 2 aromatic heterocycles. The molecule has 2 amide bonds. The lowest BCUT2D eigenvalue weighted by atomic mass is 9.93. The van der Waals surface area contributed by atoms with Crippen LogP contribution in [0, 0.1) is 11.6 Å². The summed E-state index contributed by atoms with van der Waals surface area (Å²) in [5, 5.41) is 22.6. The van der Waals surface area contributed by atoms with Crippen LogP contribution in [0.5, 0.6) is 11.5 Å². The topological polar surface area (TPSA) is 146 Å². The van der Waals surface area contributed by atoms with Crippen molar-refractivity contribution in [3.8, 4) is 22.6 Å². The Bertz CT molecular complexity index is 1960. The molecule has 44 heavy (non-hydrogen) atoms. The number of hydrogen-bond acceptors (Lipinski definition) is 6. The number of nitrogens with one attached hydrogen (secondary N) is 3. The lowest BCUT2D eigenvalue weighted by Crippen LogP contribution is -2.23. The zero-order chi connectivity index (χ0) is 31.8. The van der Waals surface area contributed by atoms with Gasteiger partial charge < -0.3 is 24.7 Å². The van der Waals surface area contributed by atoms with Crippen molar-refractivity contribution in [2.75, 3.05) is 0 Å². The average molecular weight is 603 g/mol. The third-order valence-electron chi connectivity index (χ3n) is 7.07. The smallest absolute Gasteiger partial charge is 0.274 e. The summed E-state index contributed by atoms with van der Waals surface area (Å²) in [7, 11) is 1.53. The number of hydroxylamine groups is 1. The Hall–Kier alpha value is -5.33. The number of amides is 2. The lowest BCUT2D eigenvalue weighted by Gasteiger charge is -2.21. The second-order valence-corrected chi connectivity index (χ2v) is 10.7. The average Bonchev–Trinajstić information content (AvgIpc) is 3.45. The molecule has 5 aromatic rings. The van der Waals surface area contributed by atoms with Gasteiger partial charge in [0.2, 0.25) is 0 Å². The molecule has 0 aliphatic carbocycles. The molecule has 2 heterocycles. The summed E-state index contributed by atoms with van der Waals surface area (Å²) >= 11 is 0. The van der Waals surface area contributed by atoms with Crippen molar-refractivity contribution in [1.29, 1.82) is 0 Å². The van der Waals surface area contributed by atoms with Crippen LogP contribution in [0.1, 0.15) is 45.8 Å². The van der Waals surface area contributed by atoms with Crippen LogP contribution in [0.3, 0.4) is 0 Å². The normalized spacial score (nSPS) is 11.4. The van der Waals surface area contributed by atoms with Crippen molar-refractivity contribution in [2.24, 2.45) is 7.05 Å². The third kappa shape index (κ3) is 6.07. The van der Waals surface area contributed by atoms with E-state index >= 15 is 0 Å². The van der Waals surface area contributed by atoms with Gasteiger partial charge in [-0.2, -0.15) is 0 Å². The van der Waals surface area contributed by atoms with Crippen LogP contribution in [-0.4, -0.2) is 31.7 Å². The van der Waals surface area contributed by atoms with Crippen molar-refractivity contribution >= 4 is 22.7 Å². The fourth-order valence-corrected chi connectivity index (χ4v) is 4.67. The van der Waals surface area contributed by atoms with Crippen LogP contribution >= 0.6 is 0 Å². The molecule has 0 radical (unpaired) electrons. The number of hydrogen-bond donors (Lipinski definition) is 5. The quantitative estimate of drug-likeness (QED) is 0.126. The van der Waals surface area contributed by atoms with Gasteiger partial charge in [-0.1, -0.05) is 18.2 Å². The highest BCUT2D eigenvalue weighted by molar-refractivity contribution is 6.03. The number of aryl methyl sites for hydroxylation is 1. The highest BCUT2D eigenvalue weighted by Gasteiger charge is 2.23. The maximum absolute atomic E-state index is 14.5. The number of carbonyl (C=O) groups is 2. The van der Waals surface area contributed by atoms with E-state index in [2.05, 4.69) is 10.3 Å². The first kappa shape index (κ1) is 30.1. The summed E-state index contributed by atoms with van der Waals surface area (Å²) in [6.45, 7) is 3.29. The lowest BCUT2D eigenvalue weighted by molar-refractivity contribution is 0.0706. The first-order valence-electron chi connectivity index (χ1n) is 13.4. The monoisotopic (exact) mass is 602 g/mol. The summed E-state index contributed by atoms with van der Waals surface area (Å²) in [5.41, 5.74) is 2.33. The van der Waals surface area contributed by atoms with Gasteiger partial charge >= 0.3 is 0 Å². The molecule has 0 aliphatic heterocycles. The van der Waals surface area contributed by atoms with E-state index in [0.717, 1.165) is 12.1 Å². The minimum Gasteiger partial charge on any atom is -0.454 e. The zero-order valence-electron chi connectivity index (χ0n) is 23.9. The Morgan fingerprint density at radius 1 is 0.955 bits per heavy atom. The van der Waals surface area contributed by atoms with Gasteiger partial charge in [0.1, 0.15) is 22.8 Å². The van der Waals surface area contributed by atoms with Gasteiger partial charge in [-0.15, -0.1) is 0 Å². The number of H-pyrrole nitrogens is 1. The predicted octanol–water partition coefficient (Wildman–Crippen LogP) is 4.88. The molecule has 10 nitrogen and oxygen atoms in total. The van der Waals surface area contributed by atoms with E-state index in [9.17, 15) is 28.3 Å². The summed E-state index contributed by atoms with van der Waals surface area (Å²) < 4.78 is 35.3. The van der Waals surface area contributed by atoms with Crippen LogP contribution in [0.15, 0.2) is 77.7 Å². The Balaban J connectivity index is 1.55. The van der Waals surface area contributed by atoms with Gasteiger partial charge in [-0.3, -0.25) is 19.6 Å². The number of nitrogens with zero attached hydrogens (tertiary/aromatic N) is 1. The van der Waals surface area contributed by atoms with Crippen LogP contribution in [0.25, 0.3) is 22.0 Å². The fourth-order valence-electron chi connectivity index (χ4n) is 4.67. The van der Waals surface area contributed by atoms with Crippen LogP contribution < -0.4 is 21.1 Å². The molecule has 0 unspecified atom stereocenters. The highest BCUT2D eigenvalue weighted by atomic mass is 19.1. The van der Waals surface area contributed by atoms with Gasteiger partial charge in [0, 0.05) is 47.9 Å². The number of benzene rings is 3. The number of ether oxygens (including phenoxy) is 1. The minimum absolute atomic E-state index is 0.0894. The summed E-state index contributed by atoms with van der Waals surface area (Å²) in [4.78, 5) is 40.7. The second-order valence-electron chi connectivity index (χ2n) is 10.7. The number of halogens is 2. The molecular weight excluding hydrogens is 574 g/mol. The maximum Gasteiger partial charge on any atom is 0.274 e. The van der Waals surface area contributed by atoms with Crippen molar-refractivity contribution in [2.45, 2.75) is 26.0 Å². The highest BCUT2D eigenvalue weighted by Crippen LogP contribution is 2.40. The van der Waals surface area contributed by atoms with Gasteiger partial charge in [-0.25, -0.2) is 14.3 Å². The first-order chi connectivity index (χ1) is 20.8. The molecule has 0 spiro atoms. The number of fused-ring (bicyclic) bond motifs is 1. The fraction of sp³-hybridized carbons (Fsp3) is 0.156. The molecule has 0 bridgehead atoms. The van der Waals surface area contributed by atoms with Gasteiger partial charge in [-0.05, 0) is 67.4 Å². The number of aromatic nitrogens is 2. The number of rotatable bonds is 8. The molecule has 3 aromatic carbocycles. The Kier molecular flexibility index (Phi) is 8.05. The molecule has 0 saturated carbocycles. The van der Waals surface area contributed by atoms with Crippen LogP contribution in [0.2, 0.25) is 0 Å². The van der Waals surface area contributed by atoms with E-state index in [-0.39, 0.29) is 34.8 Å². The Labute approximate surface area is 249 Å². The third-order valence-corrected chi connectivity index (χ3v) is 7.07. The number of aliphatic hydroxyl groups is 1. The predicted molar refractivity (Wildman–Crippen MR) is 158 cm³/mol. The van der Waals surface area contributed by atoms with E-state index in [4.69, 9.17) is 9.94 Å². The second kappa shape index (κ2) is 11.7. The van der Waals surface area contributed by atoms with Crippen molar-refractivity contribution in [3.05, 3.63) is 117 Å². The van der Waals surface area contributed by atoms with E-state index in [0.29, 0.717) is 33.7 Å². The van der Waals surface area contributed by atoms with Crippen molar-refractivity contribution in [3.63, 3.8) is 0 Å². The Morgan fingerprint density at radius 3 is 2.32 bits per heavy atom. The standard InChI is InChI=1S/C32H28F2N4O6/c1-32(2,42)19-8-10-26(44-27-11-9-20(33)13-24(27)34)21(12-19)23-16-38(3)31(41)28-22(23)14-25(36-28)30(40)35-15-17-4-6-18(7-5-17)29(39)37-43/h4-14,16,36,42-43H,15H2,1-3H3,(H,35,40)(H,37,39). The zero-order valence-corrected chi connectivity index (χ0v) is 23.9. The molecule has 5 rings (SSSR count). The summed E-state index contributed by atoms with van der Waals surface area (Å²) in [5.74, 6) is -2.93. The maximum atomic E-state index is 14.5. The molecule has 226 valence electrons. The molecule has 0 fully saturated rings. The largest absolute Gasteiger partial charge is 0.454 e. The number of carbonyl (C=O) groups excluding carboxylic acids is 2. The molecule has 0 atom stereocenters. The molecule has 0 aliphatic rings. The van der Waals surface area contributed by atoms with Crippen LogP contribution in [0.4, 0.5) is 8.78 Å². The van der Waals surface area contributed by atoms with Gasteiger partial charge in [0.05, 0.1) is 5.60 Å². The number of pyridine rings is 1. The van der Waals surface area contributed by atoms with E-state index in [1.165, 1.54) is 35.9 Å². The van der Waals surface area contributed by atoms with Crippen molar-refractivity contribution < 1.29 is 33.4 Å². The SMILES string of the molecule is Cn1cc(-c2cc(C(C)(C)O)ccc2Oc2ccc(F)cc2F)c2cc(C(=O)NCc3ccc(C(=O)NO)cc3)[nH]c2c1=O. The van der Waals surface area contributed by atoms with E-state index in [1.54, 1.807) is 49.8 Å². The summed E-state index contributed by atoms with van der Waals surface area (Å²) in [6.07, 6.45) is 1.54. The number of aromatic amines is 1. The molecule has 0 saturated heterocycles.